The Balaban J connectivity index is 2.59. The SMILES string of the molecule is Cc1c[nH]c2cc3ccsc3cc12. The van der Waals surface area contributed by atoms with E-state index in [0.29, 0.717) is 0 Å². The fourth-order valence-electron chi connectivity index (χ4n) is 1.72. The number of nitrogens with one attached hydrogen (secondary N) is 1. The van der Waals surface area contributed by atoms with Gasteiger partial charge in [-0.2, -0.15) is 0 Å². The van der Waals surface area contributed by atoms with Gasteiger partial charge in [-0.25, -0.2) is 0 Å². The van der Waals surface area contributed by atoms with Crippen molar-refractivity contribution in [3.63, 3.8) is 0 Å². The summed E-state index contributed by atoms with van der Waals surface area (Å²) in [6.07, 6.45) is 2.06. The normalized spacial score (nSPS) is 11.5. The standard InChI is InChI=1S/C11H9NS/c1-7-6-12-10-4-8-2-3-13-11(8)5-9(7)10/h2-6,12H,1H3. The third kappa shape index (κ3) is 0.923. The molecule has 3 rings (SSSR count). The lowest BCUT2D eigenvalue weighted by Gasteiger charge is -1.92. The molecule has 0 atom stereocenters. The molecule has 2 heteroatoms. The Morgan fingerprint density at radius 3 is 3.15 bits per heavy atom. The van der Waals surface area contributed by atoms with Gasteiger partial charge in [0.2, 0.25) is 0 Å². The molecule has 0 saturated carbocycles. The number of fused-ring (bicyclic) bond motifs is 2. The molecule has 0 amide bonds. The maximum atomic E-state index is 3.27. The molecule has 2 aromatic heterocycles. The minimum Gasteiger partial charge on any atom is -0.361 e. The average molecular weight is 187 g/mol. The Labute approximate surface area is 80.0 Å². The highest BCUT2D eigenvalue weighted by Gasteiger charge is 2.01. The van der Waals surface area contributed by atoms with Gasteiger partial charge in [-0.1, -0.05) is 0 Å². The summed E-state index contributed by atoms with van der Waals surface area (Å²) in [6.45, 7) is 2.14. The van der Waals surface area contributed by atoms with Gasteiger partial charge in [-0.05, 0) is 41.5 Å². The molecule has 13 heavy (non-hydrogen) atoms. The van der Waals surface area contributed by atoms with Gasteiger partial charge in [0.15, 0.2) is 0 Å². The lowest BCUT2D eigenvalue weighted by molar-refractivity contribution is 1.43. The van der Waals surface area contributed by atoms with Crippen molar-refractivity contribution in [3.8, 4) is 0 Å². The van der Waals surface area contributed by atoms with Crippen LogP contribution in [0.2, 0.25) is 0 Å². The molecule has 2 heterocycles. The van der Waals surface area contributed by atoms with E-state index in [0.717, 1.165) is 0 Å². The summed E-state index contributed by atoms with van der Waals surface area (Å²) in [7, 11) is 0. The summed E-state index contributed by atoms with van der Waals surface area (Å²) in [5.41, 5.74) is 2.56. The lowest BCUT2D eigenvalue weighted by Crippen LogP contribution is -1.68. The Morgan fingerprint density at radius 1 is 1.31 bits per heavy atom. The molecule has 0 radical (unpaired) electrons. The Bertz CT molecular complexity index is 574. The smallest absolute Gasteiger partial charge is 0.0463 e. The van der Waals surface area contributed by atoms with Crippen molar-refractivity contribution in [2.45, 2.75) is 6.92 Å². The van der Waals surface area contributed by atoms with Gasteiger partial charge in [0.05, 0.1) is 0 Å². The number of hydrogen-bond acceptors (Lipinski definition) is 1. The quantitative estimate of drug-likeness (QED) is 0.552. The zero-order valence-electron chi connectivity index (χ0n) is 7.29. The highest BCUT2D eigenvalue weighted by atomic mass is 32.1. The molecule has 0 aliphatic heterocycles. The van der Waals surface area contributed by atoms with Crippen molar-refractivity contribution in [3.05, 3.63) is 35.3 Å². The fraction of sp³-hybridized carbons (Fsp3) is 0.0909. The van der Waals surface area contributed by atoms with E-state index in [2.05, 4.69) is 41.7 Å². The van der Waals surface area contributed by atoms with Crippen LogP contribution in [0.25, 0.3) is 21.0 Å². The molecule has 64 valence electrons. The van der Waals surface area contributed by atoms with E-state index in [9.17, 15) is 0 Å². The number of aryl methyl sites for hydroxylation is 1. The Hall–Kier alpha value is -1.28. The summed E-state index contributed by atoms with van der Waals surface area (Å²) in [4.78, 5) is 3.27. The van der Waals surface area contributed by atoms with E-state index in [-0.39, 0.29) is 0 Å². The fourth-order valence-corrected chi connectivity index (χ4v) is 2.53. The van der Waals surface area contributed by atoms with Crippen molar-refractivity contribution >= 4 is 32.3 Å². The molecule has 0 spiro atoms. The van der Waals surface area contributed by atoms with Gasteiger partial charge in [-0.3, -0.25) is 0 Å². The van der Waals surface area contributed by atoms with Crippen LogP contribution in [-0.2, 0) is 0 Å². The van der Waals surface area contributed by atoms with Gasteiger partial charge in [0.1, 0.15) is 0 Å². The van der Waals surface area contributed by atoms with E-state index in [1.807, 2.05) is 0 Å². The minimum absolute atomic E-state index is 1.24. The first-order chi connectivity index (χ1) is 6.34. The van der Waals surface area contributed by atoms with Gasteiger partial charge >= 0.3 is 0 Å². The van der Waals surface area contributed by atoms with Crippen LogP contribution >= 0.6 is 11.3 Å². The Morgan fingerprint density at radius 2 is 2.23 bits per heavy atom. The van der Waals surface area contributed by atoms with Gasteiger partial charge in [-0.15, -0.1) is 11.3 Å². The molecule has 3 aromatic rings. The van der Waals surface area contributed by atoms with Crippen molar-refractivity contribution in [1.29, 1.82) is 0 Å². The number of aromatic nitrogens is 1. The average Bonchev–Trinajstić information content (AvgIpc) is 2.70. The number of aromatic amines is 1. The minimum atomic E-state index is 1.24. The summed E-state index contributed by atoms with van der Waals surface area (Å²) < 4.78 is 1.37. The molecular formula is C11H9NS. The molecule has 0 bridgehead atoms. The van der Waals surface area contributed by atoms with Crippen LogP contribution < -0.4 is 0 Å². The summed E-state index contributed by atoms with van der Waals surface area (Å²) in [5, 5.41) is 4.81. The zero-order valence-corrected chi connectivity index (χ0v) is 8.11. The van der Waals surface area contributed by atoms with E-state index in [4.69, 9.17) is 0 Å². The second-order valence-electron chi connectivity index (χ2n) is 3.33. The van der Waals surface area contributed by atoms with E-state index < -0.39 is 0 Å². The third-order valence-corrected chi connectivity index (χ3v) is 3.34. The lowest BCUT2D eigenvalue weighted by atomic mass is 10.1. The molecule has 0 fully saturated rings. The van der Waals surface area contributed by atoms with E-state index in [1.165, 1.54) is 26.6 Å². The van der Waals surface area contributed by atoms with Crippen molar-refractivity contribution in [2.24, 2.45) is 0 Å². The third-order valence-electron chi connectivity index (χ3n) is 2.46. The first-order valence-corrected chi connectivity index (χ1v) is 5.17. The summed E-state index contributed by atoms with van der Waals surface area (Å²) in [6, 6.07) is 6.64. The monoisotopic (exact) mass is 187 g/mol. The van der Waals surface area contributed by atoms with Crippen LogP contribution in [0.15, 0.2) is 29.8 Å². The number of benzene rings is 1. The molecule has 1 nitrogen and oxygen atoms in total. The van der Waals surface area contributed by atoms with Crippen LogP contribution in [-0.4, -0.2) is 4.98 Å². The molecule has 1 N–H and O–H groups in total. The molecule has 1 aromatic carbocycles. The summed E-state index contributed by atoms with van der Waals surface area (Å²) in [5.74, 6) is 0. The number of thiophene rings is 1. The van der Waals surface area contributed by atoms with Crippen molar-refractivity contribution in [2.75, 3.05) is 0 Å². The second-order valence-corrected chi connectivity index (χ2v) is 4.28. The molecule has 0 aliphatic carbocycles. The topological polar surface area (TPSA) is 15.8 Å². The van der Waals surface area contributed by atoms with E-state index >= 15 is 0 Å². The first kappa shape index (κ1) is 7.15. The van der Waals surface area contributed by atoms with E-state index in [1.54, 1.807) is 11.3 Å². The predicted molar refractivity (Wildman–Crippen MR) is 58.4 cm³/mol. The van der Waals surface area contributed by atoms with Crippen molar-refractivity contribution in [1.82, 2.24) is 4.98 Å². The summed E-state index contributed by atoms with van der Waals surface area (Å²) >= 11 is 1.80. The maximum absolute atomic E-state index is 3.27. The molecule has 0 unspecified atom stereocenters. The van der Waals surface area contributed by atoms with Crippen LogP contribution in [0, 0.1) is 6.92 Å². The van der Waals surface area contributed by atoms with Crippen molar-refractivity contribution < 1.29 is 0 Å². The predicted octanol–water partition coefficient (Wildman–Crippen LogP) is 3.69. The zero-order chi connectivity index (χ0) is 8.84. The van der Waals surface area contributed by atoms with Crippen LogP contribution in [0.4, 0.5) is 0 Å². The highest BCUT2D eigenvalue weighted by Crippen LogP contribution is 2.27. The number of H-pyrrole nitrogens is 1. The highest BCUT2D eigenvalue weighted by molar-refractivity contribution is 7.17. The number of rotatable bonds is 0. The van der Waals surface area contributed by atoms with Gasteiger partial charge < -0.3 is 4.98 Å². The second kappa shape index (κ2) is 2.36. The molecular weight excluding hydrogens is 178 g/mol. The van der Waals surface area contributed by atoms with Gasteiger partial charge in [0, 0.05) is 21.8 Å². The van der Waals surface area contributed by atoms with Gasteiger partial charge in [0.25, 0.3) is 0 Å². The molecule has 0 saturated heterocycles. The first-order valence-electron chi connectivity index (χ1n) is 4.29. The Kier molecular flexibility index (Phi) is 1.30. The maximum Gasteiger partial charge on any atom is 0.0463 e. The van der Waals surface area contributed by atoms with Crippen LogP contribution in [0.1, 0.15) is 5.56 Å². The largest absolute Gasteiger partial charge is 0.361 e. The molecule has 0 aliphatic rings. The number of hydrogen-bond donors (Lipinski definition) is 1. The van der Waals surface area contributed by atoms with Crippen LogP contribution in [0.5, 0.6) is 0 Å². The van der Waals surface area contributed by atoms with Crippen LogP contribution in [0.3, 0.4) is 0 Å².